The molecule has 4 aromatic rings. The Morgan fingerprint density at radius 1 is 1.00 bits per heavy atom. The minimum atomic E-state index is -4.46. The molecule has 0 aliphatic carbocycles. The van der Waals surface area contributed by atoms with Crippen molar-refractivity contribution in [2.75, 3.05) is 5.32 Å². The van der Waals surface area contributed by atoms with Gasteiger partial charge in [-0.3, -0.25) is 9.78 Å². The zero-order chi connectivity index (χ0) is 20.0. The largest absolute Gasteiger partial charge is 0.416 e. The molecule has 3 heterocycles. The smallest absolute Gasteiger partial charge is 0.307 e. The zero-order valence-corrected chi connectivity index (χ0v) is 14.3. The Kier molecular flexibility index (Phi) is 5.64. The third-order valence-electron chi connectivity index (χ3n) is 3.58. The molecular formula is C19H14F3N5O. The Balaban J connectivity index is 0.000000206. The van der Waals surface area contributed by atoms with Gasteiger partial charge in [-0.1, -0.05) is 18.2 Å². The van der Waals surface area contributed by atoms with Crippen LogP contribution in [0, 0.1) is 0 Å². The van der Waals surface area contributed by atoms with Crippen LogP contribution in [0.3, 0.4) is 0 Å². The molecule has 4 rings (SSSR count). The quantitative estimate of drug-likeness (QED) is 0.564. The van der Waals surface area contributed by atoms with Crippen molar-refractivity contribution < 1.29 is 18.0 Å². The van der Waals surface area contributed by atoms with Gasteiger partial charge in [0.2, 0.25) is 0 Å². The number of hydrogen-bond acceptors (Lipinski definition) is 4. The predicted molar refractivity (Wildman–Crippen MR) is 96.6 cm³/mol. The number of amides is 1. The van der Waals surface area contributed by atoms with E-state index in [0.717, 1.165) is 23.8 Å². The molecule has 28 heavy (non-hydrogen) atoms. The number of aromatic nitrogens is 4. The Labute approximate surface area is 157 Å². The van der Waals surface area contributed by atoms with Crippen LogP contribution >= 0.6 is 0 Å². The Morgan fingerprint density at radius 2 is 1.75 bits per heavy atom. The molecule has 9 heteroatoms. The third kappa shape index (κ3) is 4.91. The second kappa shape index (κ2) is 8.30. The van der Waals surface area contributed by atoms with Gasteiger partial charge in [-0.15, -0.1) is 0 Å². The first kappa shape index (κ1) is 19.0. The Bertz CT molecular complexity index is 1030. The van der Waals surface area contributed by atoms with E-state index in [-0.39, 0.29) is 5.82 Å². The number of rotatable bonds is 2. The third-order valence-corrected chi connectivity index (χ3v) is 3.58. The van der Waals surface area contributed by atoms with E-state index in [0.29, 0.717) is 5.56 Å². The molecule has 0 aliphatic heterocycles. The fourth-order valence-corrected chi connectivity index (χ4v) is 2.22. The number of nitrogens with one attached hydrogen (secondary N) is 1. The van der Waals surface area contributed by atoms with E-state index in [4.69, 9.17) is 0 Å². The second-order valence-corrected chi connectivity index (χ2v) is 5.55. The highest BCUT2D eigenvalue weighted by Gasteiger charge is 2.30. The number of pyridine rings is 1. The van der Waals surface area contributed by atoms with Gasteiger partial charge in [-0.25, -0.2) is 9.97 Å². The van der Waals surface area contributed by atoms with Crippen molar-refractivity contribution in [2.24, 2.45) is 0 Å². The fraction of sp³-hybridized carbons (Fsp3) is 0.0526. The number of benzene rings is 1. The standard InChI is InChI=1S/C13H9F3N2O.C6H5N3/c14-13(15,16)10-6-7-17-11(8-10)18-12(19)9-4-2-1-3-5-9;1-2-9-5-8-4-6(9)3-7-1/h1-8H,(H,17,18,19);1-5H. The number of carbonyl (C=O) groups excluding carboxylic acids is 1. The van der Waals surface area contributed by atoms with Gasteiger partial charge in [0.1, 0.15) is 5.82 Å². The van der Waals surface area contributed by atoms with Gasteiger partial charge >= 0.3 is 6.18 Å². The molecular weight excluding hydrogens is 371 g/mol. The molecule has 6 nitrogen and oxygen atoms in total. The van der Waals surface area contributed by atoms with Crippen molar-refractivity contribution in [1.82, 2.24) is 19.4 Å². The van der Waals surface area contributed by atoms with Crippen molar-refractivity contribution in [3.05, 3.63) is 90.9 Å². The SMILES string of the molecule is O=C(Nc1cc(C(F)(F)F)ccn1)c1ccccc1.c1cn2cncc2cn1. The lowest BCUT2D eigenvalue weighted by Crippen LogP contribution is -2.14. The number of anilines is 1. The molecule has 0 atom stereocenters. The number of imidazole rings is 1. The lowest BCUT2D eigenvalue weighted by molar-refractivity contribution is -0.137. The van der Waals surface area contributed by atoms with E-state index in [1.807, 2.05) is 10.6 Å². The molecule has 0 aliphatic rings. The van der Waals surface area contributed by atoms with E-state index in [1.165, 1.54) is 0 Å². The summed E-state index contributed by atoms with van der Waals surface area (Å²) in [5.41, 5.74) is 0.519. The summed E-state index contributed by atoms with van der Waals surface area (Å²) in [6.45, 7) is 0. The summed E-state index contributed by atoms with van der Waals surface area (Å²) in [5, 5.41) is 2.32. The van der Waals surface area contributed by atoms with Gasteiger partial charge in [0.05, 0.1) is 29.8 Å². The fourth-order valence-electron chi connectivity index (χ4n) is 2.22. The molecule has 142 valence electrons. The van der Waals surface area contributed by atoms with Crippen molar-refractivity contribution in [3.63, 3.8) is 0 Å². The van der Waals surface area contributed by atoms with Gasteiger partial charge < -0.3 is 9.72 Å². The molecule has 3 aromatic heterocycles. The summed E-state index contributed by atoms with van der Waals surface area (Å²) in [6.07, 6.45) is 5.42. The van der Waals surface area contributed by atoms with Crippen LogP contribution in [0.25, 0.3) is 5.52 Å². The van der Waals surface area contributed by atoms with Crippen LogP contribution in [-0.2, 0) is 6.18 Å². The maximum atomic E-state index is 12.5. The number of alkyl halides is 3. The van der Waals surface area contributed by atoms with E-state index in [2.05, 4.69) is 20.3 Å². The molecule has 0 saturated heterocycles. The molecule has 1 aromatic carbocycles. The van der Waals surface area contributed by atoms with Gasteiger partial charge in [0.15, 0.2) is 0 Å². The van der Waals surface area contributed by atoms with Crippen LogP contribution in [0.2, 0.25) is 0 Å². The number of nitrogens with zero attached hydrogens (tertiary/aromatic N) is 4. The van der Waals surface area contributed by atoms with Crippen LogP contribution in [0.5, 0.6) is 0 Å². The van der Waals surface area contributed by atoms with Crippen molar-refractivity contribution >= 4 is 17.2 Å². The average molecular weight is 385 g/mol. The van der Waals surface area contributed by atoms with E-state index in [9.17, 15) is 18.0 Å². The topological polar surface area (TPSA) is 72.2 Å². The van der Waals surface area contributed by atoms with E-state index >= 15 is 0 Å². The maximum absolute atomic E-state index is 12.5. The van der Waals surface area contributed by atoms with Crippen LogP contribution in [0.1, 0.15) is 15.9 Å². The molecule has 0 radical (unpaired) electrons. The van der Waals surface area contributed by atoms with E-state index in [1.54, 1.807) is 55.2 Å². The maximum Gasteiger partial charge on any atom is 0.416 e. The highest BCUT2D eigenvalue weighted by Crippen LogP contribution is 2.29. The molecule has 1 N–H and O–H groups in total. The minimum Gasteiger partial charge on any atom is -0.307 e. The lowest BCUT2D eigenvalue weighted by Gasteiger charge is -2.09. The van der Waals surface area contributed by atoms with E-state index < -0.39 is 17.6 Å². The van der Waals surface area contributed by atoms with Gasteiger partial charge in [-0.2, -0.15) is 13.2 Å². The molecule has 0 saturated carbocycles. The highest BCUT2D eigenvalue weighted by molar-refractivity contribution is 6.03. The zero-order valence-electron chi connectivity index (χ0n) is 14.3. The molecule has 0 spiro atoms. The van der Waals surface area contributed by atoms with Crippen molar-refractivity contribution in [3.8, 4) is 0 Å². The molecule has 1 amide bonds. The Morgan fingerprint density at radius 3 is 2.46 bits per heavy atom. The van der Waals surface area contributed by atoms with Crippen LogP contribution < -0.4 is 5.32 Å². The normalized spacial score (nSPS) is 10.8. The van der Waals surface area contributed by atoms with Crippen LogP contribution in [-0.4, -0.2) is 25.3 Å². The average Bonchev–Trinajstić information content (AvgIpc) is 3.17. The number of fused-ring (bicyclic) bond motifs is 1. The summed E-state index contributed by atoms with van der Waals surface area (Å²) in [7, 11) is 0. The minimum absolute atomic E-state index is 0.135. The first-order valence-electron chi connectivity index (χ1n) is 8.05. The Hall–Kier alpha value is -3.75. The summed E-state index contributed by atoms with van der Waals surface area (Å²) in [5.74, 6) is -0.642. The van der Waals surface area contributed by atoms with Gasteiger partial charge in [-0.05, 0) is 24.3 Å². The second-order valence-electron chi connectivity index (χ2n) is 5.55. The first-order valence-corrected chi connectivity index (χ1v) is 8.05. The van der Waals surface area contributed by atoms with Crippen LogP contribution in [0.4, 0.5) is 19.0 Å². The summed E-state index contributed by atoms with van der Waals surface area (Å²) in [4.78, 5) is 23.3. The predicted octanol–water partition coefficient (Wildman–Crippen LogP) is 4.08. The lowest BCUT2D eigenvalue weighted by atomic mass is 10.2. The monoisotopic (exact) mass is 385 g/mol. The first-order chi connectivity index (χ1) is 13.4. The summed E-state index contributed by atoms with van der Waals surface area (Å²) >= 11 is 0. The number of carbonyl (C=O) groups is 1. The summed E-state index contributed by atoms with van der Waals surface area (Å²) in [6, 6.07) is 9.81. The van der Waals surface area contributed by atoms with Crippen LogP contribution in [0.15, 0.2) is 79.8 Å². The molecule has 0 fully saturated rings. The molecule has 0 unspecified atom stereocenters. The van der Waals surface area contributed by atoms with Crippen molar-refractivity contribution in [2.45, 2.75) is 6.18 Å². The van der Waals surface area contributed by atoms with Gasteiger partial charge in [0.25, 0.3) is 5.91 Å². The van der Waals surface area contributed by atoms with Gasteiger partial charge in [0, 0.05) is 24.2 Å². The number of halogens is 3. The number of hydrogen-bond donors (Lipinski definition) is 1. The van der Waals surface area contributed by atoms with Crippen molar-refractivity contribution in [1.29, 1.82) is 0 Å². The highest BCUT2D eigenvalue weighted by atomic mass is 19.4. The summed E-state index contributed by atoms with van der Waals surface area (Å²) < 4.78 is 39.4. The molecule has 0 bridgehead atoms.